The van der Waals surface area contributed by atoms with Gasteiger partial charge in [0.2, 0.25) is 5.95 Å². The van der Waals surface area contributed by atoms with E-state index in [1.165, 1.54) is 12.1 Å². The highest BCUT2D eigenvalue weighted by Crippen LogP contribution is 2.06. The quantitative estimate of drug-likeness (QED) is 0.881. The molecule has 0 aliphatic heterocycles. The molecule has 1 aromatic heterocycles. The zero-order chi connectivity index (χ0) is 12.3. The highest BCUT2D eigenvalue weighted by atomic mass is 19.1. The number of halogens is 1. The number of benzene rings is 1. The van der Waals surface area contributed by atoms with E-state index in [-0.39, 0.29) is 5.82 Å². The normalized spacial score (nSPS) is 10.3. The molecule has 0 amide bonds. The molecule has 2 rings (SSSR count). The summed E-state index contributed by atoms with van der Waals surface area (Å²) >= 11 is 0. The fraction of sp³-hybridized carbons (Fsp3) is 0.250. The Labute approximate surface area is 98.9 Å². The summed E-state index contributed by atoms with van der Waals surface area (Å²) < 4.78 is 12.7. The molecule has 0 radical (unpaired) electrons. The molecule has 0 saturated carbocycles. The minimum absolute atomic E-state index is 0.238. The Morgan fingerprint density at radius 1 is 1.06 bits per heavy atom. The highest BCUT2D eigenvalue weighted by molar-refractivity contribution is 5.27. The molecule has 0 aliphatic carbocycles. The van der Waals surface area contributed by atoms with Crippen LogP contribution in [0.1, 0.15) is 17.0 Å². The van der Waals surface area contributed by atoms with Crippen molar-refractivity contribution in [1.82, 2.24) is 15.2 Å². The fourth-order valence-electron chi connectivity index (χ4n) is 1.32. The molecule has 1 heterocycles. The van der Waals surface area contributed by atoms with Gasteiger partial charge in [0.15, 0.2) is 0 Å². The van der Waals surface area contributed by atoms with Crippen LogP contribution >= 0.6 is 0 Å². The van der Waals surface area contributed by atoms with Crippen molar-refractivity contribution in [3.8, 4) is 0 Å². The van der Waals surface area contributed by atoms with Crippen molar-refractivity contribution in [1.29, 1.82) is 0 Å². The Kier molecular flexibility index (Phi) is 3.27. The number of aromatic nitrogens is 3. The molecule has 4 nitrogen and oxygen atoms in total. The van der Waals surface area contributed by atoms with E-state index in [1.807, 2.05) is 13.8 Å². The van der Waals surface area contributed by atoms with E-state index in [2.05, 4.69) is 20.5 Å². The molecule has 5 heteroatoms. The molecule has 88 valence electrons. The number of hydrogen-bond donors (Lipinski definition) is 1. The van der Waals surface area contributed by atoms with Gasteiger partial charge in [-0.25, -0.2) is 9.37 Å². The summed E-state index contributed by atoms with van der Waals surface area (Å²) in [5, 5.41) is 10.9. The topological polar surface area (TPSA) is 50.7 Å². The number of nitrogens with one attached hydrogen (secondary N) is 1. The molecule has 0 unspecified atom stereocenters. The van der Waals surface area contributed by atoms with Crippen molar-refractivity contribution in [3.05, 3.63) is 47.0 Å². The van der Waals surface area contributed by atoms with Gasteiger partial charge in [0.25, 0.3) is 0 Å². The van der Waals surface area contributed by atoms with Gasteiger partial charge >= 0.3 is 0 Å². The standard InChI is InChI=1S/C12H13FN4/c1-8-9(2)16-17-12(15-8)14-7-10-3-5-11(13)6-4-10/h3-6H,7H2,1-2H3,(H,14,15,17). The van der Waals surface area contributed by atoms with E-state index in [0.717, 1.165) is 17.0 Å². The van der Waals surface area contributed by atoms with Crippen molar-refractivity contribution in [3.63, 3.8) is 0 Å². The van der Waals surface area contributed by atoms with Crippen LogP contribution in [0.25, 0.3) is 0 Å². The van der Waals surface area contributed by atoms with E-state index in [4.69, 9.17) is 0 Å². The lowest BCUT2D eigenvalue weighted by atomic mass is 10.2. The number of anilines is 1. The van der Waals surface area contributed by atoms with E-state index >= 15 is 0 Å². The fourth-order valence-corrected chi connectivity index (χ4v) is 1.32. The van der Waals surface area contributed by atoms with Crippen molar-refractivity contribution >= 4 is 5.95 Å². The van der Waals surface area contributed by atoms with E-state index < -0.39 is 0 Å². The van der Waals surface area contributed by atoms with Crippen LogP contribution in [-0.4, -0.2) is 15.2 Å². The predicted octanol–water partition coefficient (Wildman–Crippen LogP) is 2.24. The van der Waals surface area contributed by atoms with E-state index in [0.29, 0.717) is 12.5 Å². The Morgan fingerprint density at radius 3 is 2.41 bits per heavy atom. The molecule has 0 saturated heterocycles. The zero-order valence-electron chi connectivity index (χ0n) is 9.74. The van der Waals surface area contributed by atoms with Gasteiger partial charge in [0.05, 0.1) is 11.4 Å². The van der Waals surface area contributed by atoms with Crippen molar-refractivity contribution in [2.75, 3.05) is 5.32 Å². The molecule has 0 bridgehead atoms. The Bertz CT molecular complexity index is 510. The Hall–Kier alpha value is -2.04. The SMILES string of the molecule is Cc1nnc(NCc2ccc(F)cc2)nc1C. The molecule has 0 spiro atoms. The van der Waals surface area contributed by atoms with Gasteiger partial charge in [-0.15, -0.1) is 5.10 Å². The largest absolute Gasteiger partial charge is 0.349 e. The maximum Gasteiger partial charge on any atom is 0.243 e. The average Bonchev–Trinajstić information content (AvgIpc) is 2.33. The van der Waals surface area contributed by atoms with Crippen LogP contribution in [0.5, 0.6) is 0 Å². The lowest BCUT2D eigenvalue weighted by Crippen LogP contribution is -2.06. The lowest BCUT2D eigenvalue weighted by Gasteiger charge is -2.05. The summed E-state index contributed by atoms with van der Waals surface area (Å²) in [5.41, 5.74) is 2.63. The first-order valence-corrected chi connectivity index (χ1v) is 5.31. The molecule has 0 fully saturated rings. The van der Waals surface area contributed by atoms with Crippen molar-refractivity contribution in [2.45, 2.75) is 20.4 Å². The molecule has 1 aromatic carbocycles. The van der Waals surface area contributed by atoms with Crippen LogP contribution in [0.4, 0.5) is 10.3 Å². The molecule has 0 aliphatic rings. The summed E-state index contributed by atoms with van der Waals surface area (Å²) in [7, 11) is 0. The molecule has 0 atom stereocenters. The maximum absolute atomic E-state index is 12.7. The first-order valence-electron chi connectivity index (χ1n) is 5.31. The van der Waals surface area contributed by atoms with Crippen LogP contribution in [-0.2, 0) is 6.54 Å². The van der Waals surface area contributed by atoms with E-state index in [1.54, 1.807) is 12.1 Å². The second-order valence-electron chi connectivity index (χ2n) is 3.79. The van der Waals surface area contributed by atoms with Gasteiger partial charge in [0.1, 0.15) is 5.82 Å². The number of aryl methyl sites for hydroxylation is 2. The van der Waals surface area contributed by atoms with Crippen LogP contribution in [0, 0.1) is 19.7 Å². The van der Waals surface area contributed by atoms with Gasteiger partial charge in [0, 0.05) is 6.54 Å². The van der Waals surface area contributed by atoms with Gasteiger partial charge in [-0.3, -0.25) is 0 Å². The first kappa shape index (κ1) is 11.4. The highest BCUT2D eigenvalue weighted by Gasteiger charge is 2.01. The van der Waals surface area contributed by atoms with Gasteiger partial charge < -0.3 is 5.32 Å². The van der Waals surface area contributed by atoms with Crippen LogP contribution < -0.4 is 5.32 Å². The summed E-state index contributed by atoms with van der Waals surface area (Å²) in [6.07, 6.45) is 0. The van der Waals surface area contributed by atoms with Gasteiger partial charge in [-0.05, 0) is 31.5 Å². The predicted molar refractivity (Wildman–Crippen MR) is 63.0 cm³/mol. The summed E-state index contributed by atoms with van der Waals surface area (Å²) in [5.74, 6) is 0.246. The Balaban J connectivity index is 2.02. The van der Waals surface area contributed by atoms with Crippen LogP contribution in [0.15, 0.2) is 24.3 Å². The molecular formula is C12H13FN4. The van der Waals surface area contributed by atoms with Gasteiger partial charge in [-0.1, -0.05) is 12.1 Å². The summed E-state index contributed by atoms with van der Waals surface area (Å²) in [6.45, 7) is 4.29. The second-order valence-corrected chi connectivity index (χ2v) is 3.79. The maximum atomic E-state index is 12.7. The Morgan fingerprint density at radius 2 is 1.76 bits per heavy atom. The number of rotatable bonds is 3. The van der Waals surface area contributed by atoms with Crippen molar-refractivity contribution in [2.24, 2.45) is 0 Å². The third kappa shape index (κ3) is 2.96. The molecule has 2 aromatic rings. The van der Waals surface area contributed by atoms with Crippen molar-refractivity contribution < 1.29 is 4.39 Å². The molecule has 1 N–H and O–H groups in total. The molecular weight excluding hydrogens is 219 g/mol. The summed E-state index contributed by atoms with van der Waals surface area (Å²) in [4.78, 5) is 4.25. The smallest absolute Gasteiger partial charge is 0.243 e. The zero-order valence-corrected chi connectivity index (χ0v) is 9.74. The molecule has 17 heavy (non-hydrogen) atoms. The van der Waals surface area contributed by atoms with Gasteiger partial charge in [-0.2, -0.15) is 5.10 Å². The average molecular weight is 232 g/mol. The lowest BCUT2D eigenvalue weighted by molar-refractivity contribution is 0.627. The monoisotopic (exact) mass is 232 g/mol. The third-order valence-electron chi connectivity index (χ3n) is 2.46. The van der Waals surface area contributed by atoms with Crippen LogP contribution in [0.2, 0.25) is 0 Å². The first-order chi connectivity index (χ1) is 8.15. The van der Waals surface area contributed by atoms with Crippen LogP contribution in [0.3, 0.4) is 0 Å². The minimum Gasteiger partial charge on any atom is -0.349 e. The minimum atomic E-state index is -0.238. The van der Waals surface area contributed by atoms with E-state index in [9.17, 15) is 4.39 Å². The third-order valence-corrected chi connectivity index (χ3v) is 2.46. The summed E-state index contributed by atoms with van der Waals surface area (Å²) in [6, 6.07) is 6.29. The number of nitrogens with zero attached hydrogens (tertiary/aromatic N) is 3. The number of hydrogen-bond acceptors (Lipinski definition) is 4. The second kappa shape index (κ2) is 4.86.